The molecule has 0 aromatic heterocycles. The Labute approximate surface area is 92.9 Å². The maximum absolute atomic E-state index is 12.9. The zero-order chi connectivity index (χ0) is 8.43. The molecule has 0 saturated heterocycles. The third-order valence-corrected chi connectivity index (χ3v) is 3.67. The van der Waals surface area contributed by atoms with Gasteiger partial charge in [0.2, 0.25) is 0 Å². The lowest BCUT2D eigenvalue weighted by molar-refractivity contribution is 0.617. The minimum atomic E-state index is -0.108. The molecule has 0 aliphatic carbocycles. The van der Waals surface area contributed by atoms with Crippen molar-refractivity contribution in [2.75, 3.05) is 0 Å². The maximum atomic E-state index is 12.9. The summed E-state index contributed by atoms with van der Waals surface area (Å²) >= 11 is 4.28. The van der Waals surface area contributed by atoms with Crippen molar-refractivity contribution < 1.29 is 4.39 Å². The molecule has 0 bridgehead atoms. The Morgan fingerprint density at radius 1 is 1.36 bits per heavy atom. The van der Waals surface area contributed by atoms with E-state index in [0.717, 1.165) is 19.1 Å². The summed E-state index contributed by atoms with van der Waals surface area (Å²) < 4.78 is 14.8. The largest absolute Gasteiger partial charge is 0.206 e. The Bertz CT molecular complexity index is 271. The molecule has 3 heteroatoms. The topological polar surface area (TPSA) is 0 Å². The van der Waals surface area contributed by atoms with Gasteiger partial charge < -0.3 is 0 Å². The Morgan fingerprint density at radius 2 is 2.00 bits per heavy atom. The molecule has 0 aliphatic heterocycles. The third kappa shape index (κ3) is 2.05. The lowest BCUT2D eigenvalue weighted by Crippen LogP contribution is -1.94. The van der Waals surface area contributed by atoms with Gasteiger partial charge in [0.1, 0.15) is 5.82 Å². The lowest BCUT2D eigenvalue weighted by atomic mass is 10.2. The molecule has 0 atom stereocenters. The van der Waals surface area contributed by atoms with Crippen molar-refractivity contribution >= 4 is 45.2 Å². The van der Waals surface area contributed by atoms with Crippen LogP contribution in [-0.4, -0.2) is 0 Å². The highest BCUT2D eigenvalue weighted by atomic mass is 127. The first-order chi connectivity index (χ1) is 5.16. The second kappa shape index (κ2) is 4.02. The Hall–Kier alpha value is 0.610. The minimum Gasteiger partial charge on any atom is -0.206 e. The first-order valence-corrected chi connectivity index (χ1v) is 5.45. The van der Waals surface area contributed by atoms with Gasteiger partial charge in [-0.3, -0.25) is 0 Å². The summed E-state index contributed by atoms with van der Waals surface area (Å²) in [5.74, 6) is -0.108. The van der Waals surface area contributed by atoms with E-state index in [1.165, 1.54) is 6.07 Å². The van der Waals surface area contributed by atoms with Crippen molar-refractivity contribution in [1.29, 1.82) is 0 Å². The van der Waals surface area contributed by atoms with Crippen molar-refractivity contribution in [2.45, 2.75) is 13.3 Å². The lowest BCUT2D eigenvalue weighted by Gasteiger charge is -2.04. The zero-order valence-corrected chi connectivity index (χ0v) is 10.3. The van der Waals surface area contributed by atoms with Gasteiger partial charge in [0, 0.05) is 3.57 Å². The SMILES string of the molecule is CCc1c(I)ccc(F)c1I. The monoisotopic (exact) mass is 376 g/mol. The van der Waals surface area contributed by atoms with Gasteiger partial charge in [0.15, 0.2) is 0 Å². The normalized spacial score (nSPS) is 10.2. The van der Waals surface area contributed by atoms with E-state index in [4.69, 9.17) is 0 Å². The maximum Gasteiger partial charge on any atom is 0.136 e. The average Bonchev–Trinajstić information content (AvgIpc) is 1.99. The standard InChI is InChI=1S/C8H7FI2/c1-2-5-7(10)4-3-6(9)8(5)11/h3-4H,2H2,1H3. The van der Waals surface area contributed by atoms with E-state index in [-0.39, 0.29) is 5.82 Å². The van der Waals surface area contributed by atoms with Crippen LogP contribution in [0.15, 0.2) is 12.1 Å². The molecule has 11 heavy (non-hydrogen) atoms. The molecular weight excluding hydrogens is 369 g/mol. The van der Waals surface area contributed by atoms with Crippen LogP contribution in [0, 0.1) is 13.0 Å². The van der Waals surface area contributed by atoms with E-state index >= 15 is 0 Å². The van der Waals surface area contributed by atoms with Gasteiger partial charge in [-0.1, -0.05) is 6.92 Å². The number of halogens is 3. The average molecular weight is 376 g/mol. The molecule has 0 spiro atoms. The predicted molar refractivity (Wildman–Crippen MR) is 61.2 cm³/mol. The van der Waals surface area contributed by atoms with Crippen LogP contribution in [0.25, 0.3) is 0 Å². The van der Waals surface area contributed by atoms with Crippen LogP contribution in [-0.2, 0) is 6.42 Å². The van der Waals surface area contributed by atoms with Crippen LogP contribution in [0.5, 0.6) is 0 Å². The molecule has 0 unspecified atom stereocenters. The molecule has 1 rings (SSSR count). The molecule has 0 fully saturated rings. The fraction of sp³-hybridized carbons (Fsp3) is 0.250. The molecular formula is C8H7FI2. The Morgan fingerprint density at radius 3 is 2.45 bits per heavy atom. The fourth-order valence-electron chi connectivity index (χ4n) is 0.893. The molecule has 1 aromatic carbocycles. The van der Waals surface area contributed by atoms with Gasteiger partial charge in [0.05, 0.1) is 3.57 Å². The molecule has 0 saturated carbocycles. The summed E-state index contributed by atoms with van der Waals surface area (Å²) in [5, 5.41) is 0. The molecule has 0 aliphatic rings. The highest BCUT2D eigenvalue weighted by molar-refractivity contribution is 14.1. The van der Waals surface area contributed by atoms with Gasteiger partial charge in [-0.25, -0.2) is 4.39 Å². The van der Waals surface area contributed by atoms with E-state index in [0.29, 0.717) is 0 Å². The summed E-state index contributed by atoms with van der Waals surface area (Å²) in [6.07, 6.45) is 0.897. The highest BCUT2D eigenvalue weighted by Crippen LogP contribution is 2.22. The van der Waals surface area contributed by atoms with Crippen LogP contribution in [0.2, 0.25) is 0 Å². The summed E-state index contributed by atoms with van der Waals surface area (Å²) in [6, 6.07) is 3.33. The summed E-state index contributed by atoms with van der Waals surface area (Å²) in [4.78, 5) is 0. The Balaban J connectivity index is 3.29. The molecule has 60 valence electrons. The first kappa shape index (κ1) is 9.70. The van der Waals surface area contributed by atoms with Gasteiger partial charge in [0.25, 0.3) is 0 Å². The molecule has 0 nitrogen and oxygen atoms in total. The third-order valence-electron chi connectivity index (χ3n) is 1.49. The first-order valence-electron chi connectivity index (χ1n) is 3.29. The van der Waals surface area contributed by atoms with Crippen LogP contribution in [0.4, 0.5) is 4.39 Å². The highest BCUT2D eigenvalue weighted by Gasteiger charge is 2.06. The fourth-order valence-corrected chi connectivity index (χ4v) is 3.09. The van der Waals surface area contributed by atoms with Crippen molar-refractivity contribution in [1.82, 2.24) is 0 Å². The van der Waals surface area contributed by atoms with E-state index < -0.39 is 0 Å². The second-order valence-electron chi connectivity index (χ2n) is 2.18. The van der Waals surface area contributed by atoms with E-state index in [1.807, 2.05) is 13.0 Å². The van der Waals surface area contributed by atoms with E-state index in [9.17, 15) is 4.39 Å². The van der Waals surface area contributed by atoms with Crippen LogP contribution < -0.4 is 0 Å². The van der Waals surface area contributed by atoms with Crippen LogP contribution >= 0.6 is 45.2 Å². The molecule has 0 heterocycles. The molecule has 0 N–H and O–H groups in total. The molecule has 1 aromatic rings. The van der Waals surface area contributed by atoms with Crippen LogP contribution in [0.3, 0.4) is 0 Å². The van der Waals surface area contributed by atoms with Gasteiger partial charge in [-0.15, -0.1) is 0 Å². The van der Waals surface area contributed by atoms with Crippen molar-refractivity contribution in [3.8, 4) is 0 Å². The van der Waals surface area contributed by atoms with Crippen LogP contribution in [0.1, 0.15) is 12.5 Å². The molecule has 0 radical (unpaired) electrons. The minimum absolute atomic E-state index is 0.108. The Kier molecular flexibility index (Phi) is 3.54. The van der Waals surface area contributed by atoms with Gasteiger partial charge in [-0.05, 0) is 69.3 Å². The quantitative estimate of drug-likeness (QED) is 0.519. The second-order valence-corrected chi connectivity index (χ2v) is 4.42. The molecule has 0 amide bonds. The van der Waals surface area contributed by atoms with Gasteiger partial charge >= 0.3 is 0 Å². The summed E-state index contributed by atoms with van der Waals surface area (Å²) in [6.45, 7) is 2.04. The number of benzene rings is 1. The van der Waals surface area contributed by atoms with Gasteiger partial charge in [-0.2, -0.15) is 0 Å². The number of hydrogen-bond donors (Lipinski definition) is 0. The predicted octanol–water partition coefficient (Wildman–Crippen LogP) is 3.60. The van der Waals surface area contributed by atoms with Crippen molar-refractivity contribution in [3.63, 3.8) is 0 Å². The summed E-state index contributed by atoms with van der Waals surface area (Å²) in [5.41, 5.74) is 1.12. The van der Waals surface area contributed by atoms with E-state index in [1.54, 1.807) is 0 Å². The van der Waals surface area contributed by atoms with E-state index in [2.05, 4.69) is 45.2 Å². The smallest absolute Gasteiger partial charge is 0.136 e. The van der Waals surface area contributed by atoms with Crippen molar-refractivity contribution in [2.24, 2.45) is 0 Å². The summed E-state index contributed by atoms with van der Waals surface area (Å²) in [7, 11) is 0. The number of rotatable bonds is 1. The van der Waals surface area contributed by atoms with Crippen molar-refractivity contribution in [3.05, 3.63) is 30.7 Å². The number of hydrogen-bond acceptors (Lipinski definition) is 0. The zero-order valence-electron chi connectivity index (χ0n) is 6.00.